The van der Waals surface area contributed by atoms with Crippen molar-refractivity contribution >= 4 is 11.9 Å². The standard InChI is InChI=1S/C18H24O5/c1-2-3-4-13(7-12-5-6-23-11-12)14-8-15(17(19)20)10-16(9-14)18(21)22/h8-10,12-13H,2-7,11H2,1H3,(H,19,20)(H,21,22). The number of benzene rings is 1. The Balaban J connectivity index is 2.30. The molecule has 0 bridgehead atoms. The van der Waals surface area contributed by atoms with Gasteiger partial charge >= 0.3 is 11.9 Å². The van der Waals surface area contributed by atoms with Crippen LogP contribution in [0.15, 0.2) is 18.2 Å². The third-order valence-electron chi connectivity index (χ3n) is 4.47. The molecule has 1 heterocycles. The molecule has 126 valence electrons. The van der Waals surface area contributed by atoms with Crippen molar-refractivity contribution in [3.05, 3.63) is 34.9 Å². The zero-order chi connectivity index (χ0) is 16.8. The van der Waals surface area contributed by atoms with Gasteiger partial charge in [0.05, 0.1) is 11.1 Å². The van der Waals surface area contributed by atoms with Gasteiger partial charge in [-0.3, -0.25) is 0 Å². The van der Waals surface area contributed by atoms with Gasteiger partial charge in [0, 0.05) is 13.2 Å². The Labute approximate surface area is 136 Å². The van der Waals surface area contributed by atoms with Crippen LogP contribution in [0.1, 0.15) is 71.2 Å². The minimum atomic E-state index is -1.09. The number of rotatable bonds is 8. The van der Waals surface area contributed by atoms with Crippen LogP contribution in [-0.2, 0) is 4.74 Å². The third-order valence-corrected chi connectivity index (χ3v) is 4.47. The normalized spacial score (nSPS) is 18.7. The van der Waals surface area contributed by atoms with Gasteiger partial charge in [-0.25, -0.2) is 9.59 Å². The zero-order valence-electron chi connectivity index (χ0n) is 13.5. The number of unbranched alkanes of at least 4 members (excludes halogenated alkanes) is 1. The first-order chi connectivity index (χ1) is 11.0. The van der Waals surface area contributed by atoms with Crippen LogP contribution in [0.3, 0.4) is 0 Å². The Kier molecular flexibility index (Phi) is 6.16. The van der Waals surface area contributed by atoms with Crippen molar-refractivity contribution < 1.29 is 24.5 Å². The lowest BCUT2D eigenvalue weighted by Crippen LogP contribution is -2.11. The molecule has 0 amide bonds. The van der Waals surface area contributed by atoms with Crippen LogP contribution in [0.5, 0.6) is 0 Å². The molecule has 2 N–H and O–H groups in total. The van der Waals surface area contributed by atoms with Crippen LogP contribution in [0.2, 0.25) is 0 Å². The number of hydrogen-bond acceptors (Lipinski definition) is 3. The topological polar surface area (TPSA) is 83.8 Å². The molecule has 0 aliphatic carbocycles. The Hall–Kier alpha value is -1.88. The molecule has 2 unspecified atom stereocenters. The lowest BCUT2D eigenvalue weighted by molar-refractivity contribution is 0.0696. The first-order valence-corrected chi connectivity index (χ1v) is 8.20. The lowest BCUT2D eigenvalue weighted by atomic mass is 9.83. The fourth-order valence-corrected chi connectivity index (χ4v) is 3.18. The molecule has 0 aromatic heterocycles. The minimum Gasteiger partial charge on any atom is -0.478 e. The second-order valence-electron chi connectivity index (χ2n) is 6.26. The van der Waals surface area contributed by atoms with Crippen LogP contribution in [-0.4, -0.2) is 35.4 Å². The second-order valence-corrected chi connectivity index (χ2v) is 6.26. The first-order valence-electron chi connectivity index (χ1n) is 8.20. The monoisotopic (exact) mass is 320 g/mol. The highest BCUT2D eigenvalue weighted by Gasteiger charge is 2.23. The van der Waals surface area contributed by atoms with E-state index in [9.17, 15) is 19.8 Å². The quantitative estimate of drug-likeness (QED) is 0.761. The van der Waals surface area contributed by atoms with Crippen LogP contribution in [0, 0.1) is 5.92 Å². The molecule has 23 heavy (non-hydrogen) atoms. The lowest BCUT2D eigenvalue weighted by Gasteiger charge is -2.21. The molecule has 5 nitrogen and oxygen atoms in total. The minimum absolute atomic E-state index is 0.0454. The van der Waals surface area contributed by atoms with Crippen LogP contribution in [0.25, 0.3) is 0 Å². The zero-order valence-corrected chi connectivity index (χ0v) is 13.5. The van der Waals surface area contributed by atoms with E-state index in [1.807, 2.05) is 0 Å². The number of carboxylic acid groups (broad SMARTS) is 2. The van der Waals surface area contributed by atoms with Gasteiger partial charge in [-0.1, -0.05) is 19.8 Å². The van der Waals surface area contributed by atoms with E-state index in [4.69, 9.17) is 4.74 Å². The molecular weight excluding hydrogens is 296 g/mol. The molecule has 2 atom stereocenters. The fraction of sp³-hybridized carbons (Fsp3) is 0.556. The van der Waals surface area contributed by atoms with E-state index >= 15 is 0 Å². The number of aromatic carboxylic acids is 2. The first kappa shape index (κ1) is 17.5. The summed E-state index contributed by atoms with van der Waals surface area (Å²) in [4.78, 5) is 22.6. The van der Waals surface area contributed by atoms with Crippen LogP contribution in [0.4, 0.5) is 0 Å². The van der Waals surface area contributed by atoms with Crippen molar-refractivity contribution in [1.82, 2.24) is 0 Å². The molecule has 0 saturated carbocycles. The maximum Gasteiger partial charge on any atom is 0.335 e. The molecule has 0 radical (unpaired) electrons. The molecule has 1 aromatic carbocycles. The highest BCUT2D eigenvalue weighted by atomic mass is 16.5. The van der Waals surface area contributed by atoms with Gasteiger partial charge < -0.3 is 14.9 Å². The van der Waals surface area contributed by atoms with Crippen molar-refractivity contribution in [2.24, 2.45) is 5.92 Å². The van der Waals surface area contributed by atoms with Crippen LogP contribution >= 0.6 is 0 Å². The van der Waals surface area contributed by atoms with E-state index < -0.39 is 11.9 Å². The summed E-state index contributed by atoms with van der Waals surface area (Å²) in [7, 11) is 0. The number of carbonyl (C=O) groups is 2. The molecule has 0 spiro atoms. The van der Waals surface area contributed by atoms with Gasteiger partial charge in [-0.2, -0.15) is 0 Å². The summed E-state index contributed by atoms with van der Waals surface area (Å²) in [5.41, 5.74) is 0.913. The number of hydrogen-bond donors (Lipinski definition) is 2. The summed E-state index contributed by atoms with van der Waals surface area (Å²) in [5, 5.41) is 18.5. The summed E-state index contributed by atoms with van der Waals surface area (Å²) < 4.78 is 5.43. The van der Waals surface area contributed by atoms with Crippen molar-refractivity contribution in [1.29, 1.82) is 0 Å². The Morgan fingerprint density at radius 1 is 1.22 bits per heavy atom. The van der Waals surface area contributed by atoms with Gasteiger partial charge in [0.25, 0.3) is 0 Å². The van der Waals surface area contributed by atoms with Crippen molar-refractivity contribution in [2.45, 2.75) is 44.9 Å². The average molecular weight is 320 g/mol. The van der Waals surface area contributed by atoms with Crippen molar-refractivity contribution in [2.75, 3.05) is 13.2 Å². The number of ether oxygens (including phenoxy) is 1. The van der Waals surface area contributed by atoms with E-state index in [0.29, 0.717) is 5.92 Å². The maximum atomic E-state index is 11.3. The van der Waals surface area contributed by atoms with Crippen LogP contribution < -0.4 is 0 Å². The molecular formula is C18H24O5. The van der Waals surface area contributed by atoms with Gasteiger partial charge in [0.1, 0.15) is 0 Å². The van der Waals surface area contributed by atoms with E-state index in [-0.39, 0.29) is 17.0 Å². The highest BCUT2D eigenvalue weighted by Crippen LogP contribution is 2.33. The van der Waals surface area contributed by atoms with Gasteiger partial charge in [0.2, 0.25) is 0 Å². The Bertz CT molecular complexity index is 528. The smallest absolute Gasteiger partial charge is 0.335 e. The summed E-state index contributed by atoms with van der Waals surface area (Å²) >= 11 is 0. The summed E-state index contributed by atoms with van der Waals surface area (Å²) in [5.74, 6) is -1.53. The predicted octanol–water partition coefficient (Wildman–Crippen LogP) is 3.78. The molecule has 1 aliphatic heterocycles. The second kappa shape index (κ2) is 8.11. The number of carboxylic acids is 2. The van der Waals surface area contributed by atoms with E-state index in [2.05, 4.69) is 6.92 Å². The maximum absolute atomic E-state index is 11.3. The van der Waals surface area contributed by atoms with Gasteiger partial charge in [-0.15, -0.1) is 0 Å². The molecule has 2 rings (SSSR count). The average Bonchev–Trinajstić information content (AvgIpc) is 3.03. The fourth-order valence-electron chi connectivity index (χ4n) is 3.18. The Morgan fingerprint density at radius 2 is 1.87 bits per heavy atom. The summed E-state index contributed by atoms with van der Waals surface area (Å²) in [6, 6.07) is 4.49. The summed E-state index contributed by atoms with van der Waals surface area (Å²) in [6.07, 6.45) is 4.98. The van der Waals surface area contributed by atoms with E-state index in [0.717, 1.165) is 50.9 Å². The van der Waals surface area contributed by atoms with E-state index in [1.165, 1.54) is 6.07 Å². The van der Waals surface area contributed by atoms with Gasteiger partial charge in [0.15, 0.2) is 0 Å². The van der Waals surface area contributed by atoms with Crippen molar-refractivity contribution in [3.8, 4) is 0 Å². The molecule has 1 saturated heterocycles. The van der Waals surface area contributed by atoms with E-state index in [1.54, 1.807) is 12.1 Å². The molecule has 5 heteroatoms. The van der Waals surface area contributed by atoms with Crippen molar-refractivity contribution in [3.63, 3.8) is 0 Å². The summed E-state index contributed by atoms with van der Waals surface area (Å²) in [6.45, 7) is 3.64. The predicted molar refractivity (Wildman–Crippen MR) is 86.2 cm³/mol. The molecule has 1 fully saturated rings. The highest BCUT2D eigenvalue weighted by molar-refractivity contribution is 5.94. The molecule has 1 aromatic rings. The Morgan fingerprint density at radius 3 is 2.35 bits per heavy atom. The molecule has 1 aliphatic rings. The third kappa shape index (κ3) is 4.79. The SMILES string of the molecule is CCCCC(CC1CCOC1)c1cc(C(=O)O)cc(C(=O)O)c1. The van der Waals surface area contributed by atoms with Gasteiger partial charge in [-0.05, 0) is 54.9 Å². The largest absolute Gasteiger partial charge is 0.478 e.